The minimum atomic E-state index is 0.125. The molecule has 0 aromatic heterocycles. The molecule has 1 atom stereocenters. The van der Waals surface area contributed by atoms with E-state index in [-0.39, 0.29) is 11.7 Å². The van der Waals surface area contributed by atoms with E-state index in [9.17, 15) is 4.79 Å². The van der Waals surface area contributed by atoms with Crippen molar-refractivity contribution >= 4 is 5.78 Å². The van der Waals surface area contributed by atoms with Crippen LogP contribution in [0.3, 0.4) is 0 Å². The van der Waals surface area contributed by atoms with Crippen molar-refractivity contribution in [2.45, 2.75) is 26.2 Å². The molecule has 3 rings (SSSR count). The fourth-order valence-corrected chi connectivity index (χ4v) is 3.20. The summed E-state index contributed by atoms with van der Waals surface area (Å²) in [6.07, 6.45) is 1.01. The summed E-state index contributed by atoms with van der Waals surface area (Å²) in [5, 5.41) is 0. The normalized spacial score (nSPS) is 15.6. The van der Waals surface area contributed by atoms with Crippen molar-refractivity contribution in [3.63, 3.8) is 0 Å². The number of rotatable bonds is 5. The Kier molecular flexibility index (Phi) is 3.89. The van der Waals surface area contributed by atoms with E-state index in [2.05, 4.69) is 37.3 Å². The van der Waals surface area contributed by atoms with Crippen LogP contribution < -0.4 is 0 Å². The molecule has 21 heavy (non-hydrogen) atoms. The van der Waals surface area contributed by atoms with Gasteiger partial charge in [0.15, 0.2) is 5.78 Å². The zero-order valence-electron chi connectivity index (χ0n) is 12.6. The lowest BCUT2D eigenvalue weighted by atomic mass is 9.92. The minimum Gasteiger partial charge on any atom is -0.380 e. The van der Waals surface area contributed by atoms with Crippen molar-refractivity contribution in [1.29, 1.82) is 0 Å². The molecule has 0 amide bonds. The van der Waals surface area contributed by atoms with E-state index in [1.54, 1.807) is 6.92 Å². The average molecular weight is 280 g/mol. The molecule has 0 N–H and O–H groups in total. The van der Waals surface area contributed by atoms with Crippen molar-refractivity contribution in [2.75, 3.05) is 13.2 Å². The lowest BCUT2D eigenvalue weighted by Gasteiger charge is -2.16. The molecule has 108 valence electrons. The van der Waals surface area contributed by atoms with E-state index >= 15 is 0 Å². The van der Waals surface area contributed by atoms with Gasteiger partial charge in [-0.15, -0.1) is 0 Å². The van der Waals surface area contributed by atoms with Gasteiger partial charge in [0.25, 0.3) is 0 Å². The number of carbonyl (C=O) groups is 1. The molecule has 0 radical (unpaired) electrons. The van der Waals surface area contributed by atoms with Crippen molar-refractivity contribution in [1.82, 2.24) is 0 Å². The number of Topliss-reactive ketones (excluding diaryl/α,β-unsaturated/α-hetero) is 1. The Hall–Kier alpha value is -1.93. The molecule has 0 bridgehead atoms. The van der Waals surface area contributed by atoms with E-state index in [4.69, 9.17) is 4.74 Å². The molecular formula is C19H20O2. The van der Waals surface area contributed by atoms with Crippen LogP contribution in [0.1, 0.15) is 47.7 Å². The van der Waals surface area contributed by atoms with Gasteiger partial charge in [-0.2, -0.15) is 0 Å². The second kappa shape index (κ2) is 5.82. The van der Waals surface area contributed by atoms with Crippen LogP contribution in [-0.2, 0) is 4.74 Å². The van der Waals surface area contributed by atoms with Crippen LogP contribution in [0.2, 0.25) is 0 Å². The molecule has 0 aliphatic heterocycles. The maximum atomic E-state index is 12.0. The highest BCUT2D eigenvalue weighted by Crippen LogP contribution is 2.46. The summed E-state index contributed by atoms with van der Waals surface area (Å²) in [7, 11) is 0. The first kappa shape index (κ1) is 14.0. The molecule has 2 heteroatoms. The SMILES string of the molecule is CCCOCC1c2ccccc2-c2cccc(C(C)=O)c21. The Balaban J connectivity index is 2.11. The van der Waals surface area contributed by atoms with Gasteiger partial charge in [-0.3, -0.25) is 4.79 Å². The summed E-state index contributed by atoms with van der Waals surface area (Å²) in [4.78, 5) is 12.0. The first-order valence-electron chi connectivity index (χ1n) is 7.55. The molecule has 0 heterocycles. The first-order chi connectivity index (χ1) is 10.2. The van der Waals surface area contributed by atoms with Crippen molar-refractivity contribution < 1.29 is 9.53 Å². The summed E-state index contributed by atoms with van der Waals surface area (Å²) in [5.41, 5.74) is 5.66. The summed E-state index contributed by atoms with van der Waals surface area (Å²) in [6, 6.07) is 14.4. The van der Waals surface area contributed by atoms with Crippen LogP contribution in [0.5, 0.6) is 0 Å². The molecule has 0 saturated carbocycles. The van der Waals surface area contributed by atoms with Gasteiger partial charge < -0.3 is 4.74 Å². The van der Waals surface area contributed by atoms with Crippen LogP contribution in [0, 0.1) is 0 Å². The lowest BCUT2D eigenvalue weighted by Crippen LogP contribution is -2.11. The predicted molar refractivity (Wildman–Crippen MR) is 84.8 cm³/mol. The van der Waals surface area contributed by atoms with Crippen LogP contribution in [0.4, 0.5) is 0 Å². The topological polar surface area (TPSA) is 26.3 Å². The van der Waals surface area contributed by atoms with Crippen LogP contribution >= 0.6 is 0 Å². The van der Waals surface area contributed by atoms with E-state index < -0.39 is 0 Å². The summed E-state index contributed by atoms with van der Waals surface area (Å²) < 4.78 is 5.80. The Morgan fingerprint density at radius 2 is 1.86 bits per heavy atom. The van der Waals surface area contributed by atoms with Gasteiger partial charge in [0.2, 0.25) is 0 Å². The number of ether oxygens (including phenoxy) is 1. The highest BCUT2D eigenvalue weighted by molar-refractivity contribution is 5.99. The van der Waals surface area contributed by atoms with Crippen LogP contribution in [-0.4, -0.2) is 19.0 Å². The predicted octanol–water partition coefficient (Wildman–Crippen LogP) is 4.43. The standard InChI is InChI=1S/C19H20O2/c1-3-11-21-12-18-16-8-5-4-7-15(16)17-10-6-9-14(13(2)20)19(17)18/h4-10,18H,3,11-12H2,1-2H3. The van der Waals surface area contributed by atoms with Crippen molar-refractivity contribution in [2.24, 2.45) is 0 Å². The molecule has 1 aliphatic carbocycles. The molecular weight excluding hydrogens is 260 g/mol. The number of carbonyl (C=O) groups excluding carboxylic acids is 1. The van der Waals surface area contributed by atoms with Gasteiger partial charge in [0.05, 0.1) is 6.61 Å². The van der Waals surface area contributed by atoms with Gasteiger partial charge in [0.1, 0.15) is 0 Å². The molecule has 1 unspecified atom stereocenters. The Morgan fingerprint density at radius 1 is 1.10 bits per heavy atom. The average Bonchev–Trinajstić information content (AvgIpc) is 2.82. The fourth-order valence-electron chi connectivity index (χ4n) is 3.20. The van der Waals surface area contributed by atoms with Gasteiger partial charge >= 0.3 is 0 Å². The van der Waals surface area contributed by atoms with Gasteiger partial charge in [-0.1, -0.05) is 49.4 Å². The molecule has 2 aromatic carbocycles. The van der Waals surface area contributed by atoms with E-state index in [1.165, 1.54) is 16.7 Å². The maximum absolute atomic E-state index is 12.0. The molecule has 0 fully saturated rings. The number of hydrogen-bond acceptors (Lipinski definition) is 2. The summed E-state index contributed by atoms with van der Waals surface area (Å²) >= 11 is 0. The van der Waals surface area contributed by atoms with Crippen molar-refractivity contribution in [3.8, 4) is 11.1 Å². The Labute approximate surface area is 125 Å². The number of benzene rings is 2. The monoisotopic (exact) mass is 280 g/mol. The van der Waals surface area contributed by atoms with Gasteiger partial charge in [-0.25, -0.2) is 0 Å². The highest BCUT2D eigenvalue weighted by atomic mass is 16.5. The van der Waals surface area contributed by atoms with Crippen LogP contribution in [0.25, 0.3) is 11.1 Å². The third-order valence-corrected chi connectivity index (χ3v) is 4.09. The molecule has 2 aromatic rings. The second-order valence-electron chi connectivity index (χ2n) is 5.54. The molecule has 2 nitrogen and oxygen atoms in total. The van der Waals surface area contributed by atoms with E-state index in [0.29, 0.717) is 6.61 Å². The van der Waals surface area contributed by atoms with Crippen LogP contribution in [0.15, 0.2) is 42.5 Å². The summed E-state index contributed by atoms with van der Waals surface area (Å²) in [5.74, 6) is 0.294. The largest absolute Gasteiger partial charge is 0.380 e. The first-order valence-corrected chi connectivity index (χ1v) is 7.55. The lowest BCUT2D eigenvalue weighted by molar-refractivity contribution is 0.101. The second-order valence-corrected chi connectivity index (χ2v) is 5.54. The van der Waals surface area contributed by atoms with Gasteiger partial charge in [0, 0.05) is 18.1 Å². The number of ketones is 1. The Morgan fingerprint density at radius 3 is 2.62 bits per heavy atom. The third-order valence-electron chi connectivity index (χ3n) is 4.09. The van der Waals surface area contributed by atoms with Gasteiger partial charge in [-0.05, 0) is 35.6 Å². The quantitative estimate of drug-likeness (QED) is 0.598. The Bertz CT molecular complexity index is 673. The molecule has 0 spiro atoms. The fraction of sp³-hybridized carbons (Fsp3) is 0.316. The molecule has 0 saturated heterocycles. The number of fused-ring (bicyclic) bond motifs is 3. The summed E-state index contributed by atoms with van der Waals surface area (Å²) in [6.45, 7) is 5.15. The zero-order valence-corrected chi connectivity index (χ0v) is 12.6. The smallest absolute Gasteiger partial charge is 0.160 e. The van der Waals surface area contributed by atoms with Crippen molar-refractivity contribution in [3.05, 3.63) is 59.2 Å². The van der Waals surface area contributed by atoms with E-state index in [0.717, 1.165) is 24.2 Å². The minimum absolute atomic E-state index is 0.125. The zero-order chi connectivity index (χ0) is 14.8. The highest BCUT2D eigenvalue weighted by Gasteiger charge is 2.31. The van der Waals surface area contributed by atoms with E-state index in [1.807, 2.05) is 12.1 Å². The third kappa shape index (κ3) is 2.40. The maximum Gasteiger partial charge on any atom is 0.160 e. The number of hydrogen-bond donors (Lipinski definition) is 0. The molecule has 1 aliphatic rings.